The normalized spacial score (nSPS) is 20.8. The van der Waals surface area contributed by atoms with Crippen molar-refractivity contribution in [2.75, 3.05) is 27.3 Å². The highest BCUT2D eigenvalue weighted by atomic mass is 16.5. The standard InChI is InChI=1S/C16H24N2O3/c1-20-14-7-5-12(6-8-14)10-18-9-3-4-13(11-18)15(17)16(19)21-2/h5-8,13,15H,3-4,9-11,17H2,1-2H3. The molecule has 5 nitrogen and oxygen atoms in total. The van der Waals surface area contributed by atoms with E-state index in [1.165, 1.54) is 12.7 Å². The monoisotopic (exact) mass is 292 g/mol. The zero-order valence-corrected chi connectivity index (χ0v) is 12.7. The Morgan fingerprint density at radius 3 is 2.71 bits per heavy atom. The number of methoxy groups -OCH3 is 2. The van der Waals surface area contributed by atoms with Crippen molar-refractivity contribution in [2.45, 2.75) is 25.4 Å². The van der Waals surface area contributed by atoms with Crippen molar-refractivity contribution in [3.63, 3.8) is 0 Å². The molecule has 21 heavy (non-hydrogen) atoms. The molecule has 0 amide bonds. The van der Waals surface area contributed by atoms with Crippen molar-refractivity contribution >= 4 is 5.97 Å². The van der Waals surface area contributed by atoms with Crippen molar-refractivity contribution in [1.82, 2.24) is 4.90 Å². The molecule has 0 radical (unpaired) electrons. The number of benzene rings is 1. The lowest BCUT2D eigenvalue weighted by atomic mass is 9.91. The summed E-state index contributed by atoms with van der Waals surface area (Å²) in [5.74, 6) is 0.721. The Labute approximate surface area is 126 Å². The SMILES string of the molecule is COC(=O)C(N)C1CCCN(Cc2ccc(OC)cc2)C1. The van der Waals surface area contributed by atoms with Crippen molar-refractivity contribution in [2.24, 2.45) is 11.7 Å². The molecule has 1 fully saturated rings. The molecule has 116 valence electrons. The predicted octanol–water partition coefficient (Wildman–Crippen LogP) is 1.41. The zero-order valence-electron chi connectivity index (χ0n) is 12.7. The van der Waals surface area contributed by atoms with Crippen LogP contribution in [0.1, 0.15) is 18.4 Å². The molecule has 0 saturated carbocycles. The zero-order chi connectivity index (χ0) is 15.2. The van der Waals surface area contributed by atoms with Crippen LogP contribution in [0.5, 0.6) is 5.75 Å². The molecule has 1 aromatic rings. The third-order valence-corrected chi connectivity index (χ3v) is 4.09. The second-order valence-electron chi connectivity index (χ2n) is 5.53. The van der Waals surface area contributed by atoms with E-state index in [4.69, 9.17) is 15.2 Å². The van der Waals surface area contributed by atoms with Crippen molar-refractivity contribution < 1.29 is 14.3 Å². The van der Waals surface area contributed by atoms with Crippen LogP contribution in [0, 0.1) is 5.92 Å². The fourth-order valence-electron chi connectivity index (χ4n) is 2.85. The molecule has 1 aromatic carbocycles. The van der Waals surface area contributed by atoms with Gasteiger partial charge in [-0.1, -0.05) is 12.1 Å². The number of piperidine rings is 1. The maximum atomic E-state index is 11.6. The van der Waals surface area contributed by atoms with E-state index in [0.29, 0.717) is 0 Å². The van der Waals surface area contributed by atoms with Crippen LogP contribution in [0.25, 0.3) is 0 Å². The van der Waals surface area contributed by atoms with Crippen LogP contribution in [0.4, 0.5) is 0 Å². The van der Waals surface area contributed by atoms with Gasteiger partial charge in [0, 0.05) is 13.1 Å². The summed E-state index contributed by atoms with van der Waals surface area (Å²) >= 11 is 0. The molecular weight excluding hydrogens is 268 g/mol. The largest absolute Gasteiger partial charge is 0.497 e. The highest BCUT2D eigenvalue weighted by Gasteiger charge is 2.29. The van der Waals surface area contributed by atoms with E-state index < -0.39 is 6.04 Å². The lowest BCUT2D eigenvalue weighted by molar-refractivity contribution is -0.144. The smallest absolute Gasteiger partial charge is 0.322 e. The van der Waals surface area contributed by atoms with Crippen LogP contribution in [-0.2, 0) is 16.1 Å². The summed E-state index contributed by atoms with van der Waals surface area (Å²) in [5.41, 5.74) is 7.22. The van der Waals surface area contributed by atoms with Crippen molar-refractivity contribution in [3.8, 4) is 5.75 Å². The lowest BCUT2D eigenvalue weighted by Gasteiger charge is -2.34. The van der Waals surface area contributed by atoms with E-state index in [-0.39, 0.29) is 11.9 Å². The first-order valence-electron chi connectivity index (χ1n) is 7.32. The Hall–Kier alpha value is -1.59. The Morgan fingerprint density at radius 2 is 2.10 bits per heavy atom. The van der Waals surface area contributed by atoms with Crippen molar-refractivity contribution in [1.29, 1.82) is 0 Å². The molecule has 2 unspecified atom stereocenters. The number of esters is 1. The van der Waals surface area contributed by atoms with E-state index in [1.54, 1.807) is 7.11 Å². The van der Waals surface area contributed by atoms with Gasteiger partial charge in [-0.15, -0.1) is 0 Å². The van der Waals surface area contributed by atoms with Crippen LogP contribution >= 0.6 is 0 Å². The molecule has 1 aliphatic rings. The average Bonchev–Trinajstić information content (AvgIpc) is 2.54. The molecule has 1 saturated heterocycles. The van der Waals surface area contributed by atoms with Crippen LogP contribution in [0.2, 0.25) is 0 Å². The fraction of sp³-hybridized carbons (Fsp3) is 0.562. The van der Waals surface area contributed by atoms with Gasteiger partial charge >= 0.3 is 5.97 Å². The van der Waals surface area contributed by atoms with Gasteiger partial charge in [0.2, 0.25) is 0 Å². The summed E-state index contributed by atoms with van der Waals surface area (Å²) in [5, 5.41) is 0. The number of carbonyl (C=O) groups excluding carboxylic acids is 1. The Bertz CT molecular complexity index is 461. The lowest BCUT2D eigenvalue weighted by Crippen LogP contribution is -2.47. The first kappa shape index (κ1) is 15.8. The summed E-state index contributed by atoms with van der Waals surface area (Å²) in [7, 11) is 3.05. The number of hydrogen-bond acceptors (Lipinski definition) is 5. The van der Waals surface area contributed by atoms with Crippen molar-refractivity contribution in [3.05, 3.63) is 29.8 Å². The van der Waals surface area contributed by atoms with E-state index in [2.05, 4.69) is 17.0 Å². The number of carbonyl (C=O) groups is 1. The molecule has 2 rings (SSSR count). The Kier molecular flexibility index (Phi) is 5.59. The number of nitrogens with zero attached hydrogens (tertiary/aromatic N) is 1. The van der Waals surface area contributed by atoms with E-state index >= 15 is 0 Å². The molecule has 1 heterocycles. The van der Waals surface area contributed by atoms with Gasteiger partial charge in [0.15, 0.2) is 0 Å². The highest BCUT2D eigenvalue weighted by molar-refractivity contribution is 5.75. The number of likely N-dealkylation sites (tertiary alicyclic amines) is 1. The summed E-state index contributed by atoms with van der Waals surface area (Å²) in [4.78, 5) is 13.9. The topological polar surface area (TPSA) is 64.8 Å². The van der Waals surface area contributed by atoms with E-state index in [0.717, 1.165) is 38.2 Å². The molecule has 0 aromatic heterocycles. The van der Waals surface area contributed by atoms with Gasteiger partial charge in [0.05, 0.1) is 14.2 Å². The second-order valence-corrected chi connectivity index (χ2v) is 5.53. The van der Waals surface area contributed by atoms with Gasteiger partial charge in [-0.3, -0.25) is 9.69 Å². The fourth-order valence-corrected chi connectivity index (χ4v) is 2.85. The number of rotatable bonds is 5. The van der Waals surface area contributed by atoms with Gasteiger partial charge in [-0.05, 0) is 43.0 Å². The molecular formula is C16H24N2O3. The summed E-state index contributed by atoms with van der Waals surface area (Å²) < 4.78 is 9.91. The van der Waals surface area contributed by atoms with Gasteiger partial charge in [-0.25, -0.2) is 0 Å². The van der Waals surface area contributed by atoms with E-state index in [1.807, 2.05) is 12.1 Å². The summed E-state index contributed by atoms with van der Waals surface area (Å²) in [6.07, 6.45) is 2.04. The Balaban J connectivity index is 1.92. The first-order chi connectivity index (χ1) is 10.1. The minimum absolute atomic E-state index is 0.171. The van der Waals surface area contributed by atoms with Gasteiger partial charge in [0.1, 0.15) is 11.8 Å². The van der Waals surface area contributed by atoms with Crippen LogP contribution in [0.15, 0.2) is 24.3 Å². The number of nitrogens with two attached hydrogens (primary N) is 1. The number of hydrogen-bond donors (Lipinski definition) is 1. The van der Waals surface area contributed by atoms with Crippen LogP contribution in [0.3, 0.4) is 0 Å². The quantitative estimate of drug-likeness (QED) is 0.831. The predicted molar refractivity (Wildman–Crippen MR) is 81.0 cm³/mol. The van der Waals surface area contributed by atoms with Gasteiger partial charge in [0.25, 0.3) is 0 Å². The molecule has 0 bridgehead atoms. The second kappa shape index (κ2) is 7.43. The molecule has 0 aliphatic carbocycles. The van der Waals surface area contributed by atoms with E-state index in [9.17, 15) is 4.79 Å². The Morgan fingerprint density at radius 1 is 1.38 bits per heavy atom. The first-order valence-corrected chi connectivity index (χ1v) is 7.32. The third-order valence-electron chi connectivity index (χ3n) is 4.09. The summed E-state index contributed by atoms with van der Waals surface area (Å²) in [6, 6.07) is 7.56. The molecule has 2 N–H and O–H groups in total. The van der Waals surface area contributed by atoms with Gasteiger partial charge < -0.3 is 15.2 Å². The molecule has 1 aliphatic heterocycles. The number of ether oxygens (including phenoxy) is 2. The van der Waals surface area contributed by atoms with Gasteiger partial charge in [-0.2, -0.15) is 0 Å². The maximum absolute atomic E-state index is 11.6. The minimum Gasteiger partial charge on any atom is -0.497 e. The third kappa shape index (κ3) is 4.19. The maximum Gasteiger partial charge on any atom is 0.322 e. The molecule has 0 spiro atoms. The highest BCUT2D eigenvalue weighted by Crippen LogP contribution is 2.22. The molecule has 2 atom stereocenters. The molecule has 5 heteroatoms. The summed E-state index contributed by atoms with van der Waals surface area (Å²) in [6.45, 7) is 2.74. The van der Waals surface area contributed by atoms with Crippen LogP contribution in [-0.4, -0.2) is 44.2 Å². The minimum atomic E-state index is -0.520. The average molecular weight is 292 g/mol. The van der Waals surface area contributed by atoms with Crippen LogP contribution < -0.4 is 10.5 Å².